The first-order valence-corrected chi connectivity index (χ1v) is 5.99. The minimum atomic E-state index is -0.251. The van der Waals surface area contributed by atoms with Crippen LogP contribution in [-0.2, 0) is 4.74 Å². The van der Waals surface area contributed by atoms with Crippen LogP contribution >= 0.6 is 0 Å². The van der Waals surface area contributed by atoms with Gasteiger partial charge in [0.25, 0.3) is 0 Å². The van der Waals surface area contributed by atoms with Crippen LogP contribution in [0.15, 0.2) is 43.0 Å². The summed E-state index contributed by atoms with van der Waals surface area (Å²) in [5.41, 5.74) is 0. The Balaban J connectivity index is 2.46. The van der Waals surface area contributed by atoms with Gasteiger partial charge in [-0.1, -0.05) is 0 Å². The first kappa shape index (κ1) is 11.0. The summed E-state index contributed by atoms with van der Waals surface area (Å²) >= 11 is -0.251. The number of hydrogen-bond acceptors (Lipinski definition) is 2. The molecule has 0 N–H and O–H groups in total. The molecule has 2 nitrogen and oxygen atoms in total. The van der Waals surface area contributed by atoms with Gasteiger partial charge in [-0.2, -0.15) is 0 Å². The minimum absolute atomic E-state index is 0.156. The molecule has 0 aliphatic rings. The Bertz CT molecular complexity index is 308. The molecule has 0 fully saturated rings. The Morgan fingerprint density at radius 3 is 2.71 bits per heavy atom. The molecule has 0 bridgehead atoms. The Kier molecular flexibility index (Phi) is 4.44. The van der Waals surface area contributed by atoms with E-state index in [1.54, 1.807) is 13.0 Å². The fourth-order valence-electron chi connectivity index (χ4n) is 0.809. The summed E-state index contributed by atoms with van der Waals surface area (Å²) in [6.07, 6.45) is 1.41. The van der Waals surface area contributed by atoms with E-state index in [0.29, 0.717) is 0 Å². The molecular weight excluding hydrogens is 243 g/mol. The number of ether oxygens (including phenoxy) is 1. The van der Waals surface area contributed by atoms with Crippen LogP contribution in [0, 0.1) is 0 Å². The Labute approximate surface area is 90.1 Å². The standard InChI is InChI=1S/C11H12O2Se/c1-3-9(2)13-11(12)14-10-7-5-4-6-8-10/h3-9H,1H2,2H3. The normalized spacial score (nSPS) is 11.8. The van der Waals surface area contributed by atoms with Gasteiger partial charge in [0.2, 0.25) is 0 Å². The van der Waals surface area contributed by atoms with Crippen LogP contribution in [0.3, 0.4) is 0 Å². The first-order chi connectivity index (χ1) is 6.72. The number of rotatable bonds is 4. The number of carbonyl (C=O) groups excluding carboxylic acids is 1. The summed E-state index contributed by atoms with van der Waals surface area (Å²) in [5, 5.41) is 0. The van der Waals surface area contributed by atoms with E-state index >= 15 is 0 Å². The third-order valence-corrected chi connectivity index (χ3v) is 3.18. The van der Waals surface area contributed by atoms with Gasteiger partial charge in [0.15, 0.2) is 0 Å². The van der Waals surface area contributed by atoms with Crippen LogP contribution in [0.2, 0.25) is 0 Å². The number of benzene rings is 1. The van der Waals surface area contributed by atoms with Gasteiger partial charge in [-0.3, -0.25) is 0 Å². The maximum atomic E-state index is 11.3. The van der Waals surface area contributed by atoms with Gasteiger partial charge < -0.3 is 0 Å². The van der Waals surface area contributed by atoms with Crippen LogP contribution in [0.1, 0.15) is 6.92 Å². The molecule has 0 aromatic heterocycles. The van der Waals surface area contributed by atoms with E-state index in [1.165, 1.54) is 0 Å². The van der Waals surface area contributed by atoms with Crippen LogP contribution in [0.5, 0.6) is 0 Å². The molecule has 1 aromatic carbocycles. The Morgan fingerprint density at radius 1 is 1.50 bits per heavy atom. The van der Waals surface area contributed by atoms with Gasteiger partial charge in [0.05, 0.1) is 0 Å². The van der Waals surface area contributed by atoms with Crippen LogP contribution in [0.4, 0.5) is 4.79 Å². The van der Waals surface area contributed by atoms with Crippen molar-refractivity contribution in [3.8, 4) is 0 Å². The Hall–Kier alpha value is -1.05. The fourth-order valence-corrected chi connectivity index (χ4v) is 2.25. The van der Waals surface area contributed by atoms with Crippen molar-refractivity contribution < 1.29 is 9.53 Å². The van der Waals surface area contributed by atoms with Gasteiger partial charge in [-0.05, 0) is 0 Å². The van der Waals surface area contributed by atoms with E-state index in [9.17, 15) is 4.79 Å². The molecule has 1 aromatic rings. The molecule has 14 heavy (non-hydrogen) atoms. The number of carbonyl (C=O) groups is 1. The molecule has 0 saturated heterocycles. The molecule has 1 atom stereocenters. The average molecular weight is 255 g/mol. The molecule has 74 valence electrons. The molecule has 0 heterocycles. The van der Waals surface area contributed by atoms with Crippen molar-refractivity contribution in [2.45, 2.75) is 13.0 Å². The van der Waals surface area contributed by atoms with Crippen molar-refractivity contribution in [1.29, 1.82) is 0 Å². The zero-order chi connectivity index (χ0) is 10.4. The van der Waals surface area contributed by atoms with E-state index < -0.39 is 0 Å². The zero-order valence-electron chi connectivity index (χ0n) is 7.97. The molecule has 1 unspecified atom stereocenters. The zero-order valence-corrected chi connectivity index (χ0v) is 9.69. The van der Waals surface area contributed by atoms with Crippen LogP contribution in [-0.4, -0.2) is 25.9 Å². The van der Waals surface area contributed by atoms with Crippen molar-refractivity contribution in [3.63, 3.8) is 0 Å². The molecule has 0 aliphatic heterocycles. The van der Waals surface area contributed by atoms with E-state index in [2.05, 4.69) is 6.58 Å². The van der Waals surface area contributed by atoms with Crippen molar-refractivity contribution in [2.75, 3.05) is 0 Å². The second-order valence-electron chi connectivity index (χ2n) is 2.72. The molecule has 0 aliphatic carbocycles. The molecule has 0 spiro atoms. The summed E-state index contributed by atoms with van der Waals surface area (Å²) in [6, 6.07) is 9.62. The van der Waals surface area contributed by atoms with Gasteiger partial charge in [-0.15, -0.1) is 0 Å². The summed E-state index contributed by atoms with van der Waals surface area (Å²) in [6.45, 7) is 5.35. The molecule has 0 radical (unpaired) electrons. The second kappa shape index (κ2) is 5.63. The van der Waals surface area contributed by atoms with E-state index in [4.69, 9.17) is 4.74 Å². The molecular formula is C11H12O2Se. The fraction of sp³-hybridized carbons (Fsp3) is 0.182. The predicted molar refractivity (Wildman–Crippen MR) is 58.0 cm³/mol. The van der Waals surface area contributed by atoms with Crippen LogP contribution in [0.25, 0.3) is 0 Å². The third kappa shape index (κ3) is 3.77. The van der Waals surface area contributed by atoms with Crippen molar-refractivity contribution >= 4 is 24.3 Å². The SMILES string of the molecule is C=CC(C)OC(=O)[Se]c1ccccc1. The Morgan fingerprint density at radius 2 is 2.14 bits per heavy atom. The summed E-state index contributed by atoms with van der Waals surface area (Å²) in [7, 11) is 0. The molecule has 1 rings (SSSR count). The van der Waals surface area contributed by atoms with Crippen molar-refractivity contribution in [2.24, 2.45) is 0 Å². The summed E-state index contributed by atoms with van der Waals surface area (Å²) in [4.78, 5) is 11.2. The predicted octanol–water partition coefficient (Wildman–Crippen LogP) is 1.73. The molecule has 0 saturated carbocycles. The van der Waals surface area contributed by atoms with Crippen molar-refractivity contribution in [3.05, 3.63) is 43.0 Å². The quantitative estimate of drug-likeness (QED) is 0.605. The molecule has 0 amide bonds. The third-order valence-electron chi connectivity index (χ3n) is 1.56. The van der Waals surface area contributed by atoms with Gasteiger partial charge >= 0.3 is 89.8 Å². The molecule has 3 heteroatoms. The number of hydrogen-bond donors (Lipinski definition) is 0. The average Bonchev–Trinajstić information content (AvgIpc) is 2.19. The second-order valence-corrected chi connectivity index (χ2v) is 4.84. The van der Waals surface area contributed by atoms with E-state index in [-0.39, 0.29) is 25.9 Å². The topological polar surface area (TPSA) is 26.3 Å². The van der Waals surface area contributed by atoms with Crippen molar-refractivity contribution in [1.82, 2.24) is 0 Å². The monoisotopic (exact) mass is 256 g/mol. The van der Waals surface area contributed by atoms with Gasteiger partial charge in [-0.25, -0.2) is 0 Å². The van der Waals surface area contributed by atoms with Gasteiger partial charge in [0, 0.05) is 0 Å². The van der Waals surface area contributed by atoms with Crippen LogP contribution < -0.4 is 4.46 Å². The van der Waals surface area contributed by atoms with E-state index in [0.717, 1.165) is 4.46 Å². The summed E-state index contributed by atoms with van der Waals surface area (Å²) < 4.78 is 6.10. The first-order valence-electron chi connectivity index (χ1n) is 4.28. The van der Waals surface area contributed by atoms with Gasteiger partial charge in [0.1, 0.15) is 0 Å². The maximum absolute atomic E-state index is 11.3. The van der Waals surface area contributed by atoms with E-state index in [1.807, 2.05) is 30.3 Å². The summed E-state index contributed by atoms with van der Waals surface area (Å²) in [5.74, 6) is 0.